The van der Waals surface area contributed by atoms with E-state index < -0.39 is 0 Å². The number of aryl methyl sites for hydroxylation is 3. The van der Waals surface area contributed by atoms with Crippen molar-refractivity contribution in [3.63, 3.8) is 0 Å². The van der Waals surface area contributed by atoms with E-state index >= 15 is 0 Å². The number of nitrogens with one attached hydrogen (secondary N) is 1. The Labute approximate surface area is 125 Å². The Morgan fingerprint density at radius 3 is 2.81 bits per heavy atom. The molecule has 3 aromatic rings. The first kappa shape index (κ1) is 13.9. The lowest BCUT2D eigenvalue weighted by atomic mass is 10.2. The summed E-state index contributed by atoms with van der Waals surface area (Å²) in [6, 6.07) is 8.64. The molecule has 1 aromatic carbocycles. The van der Waals surface area contributed by atoms with Crippen LogP contribution in [0.15, 0.2) is 42.9 Å². The standard InChI is InChI=1S/C17H22N4/c1-3-18-11-15-13-21(17-7-5-4-6-16(15)17)9-8-14-10-19-20(2)12-14/h4-7,10,12-13,18H,3,8-9,11H2,1-2H3. The van der Waals surface area contributed by atoms with Crippen molar-refractivity contribution in [1.82, 2.24) is 19.7 Å². The van der Waals surface area contributed by atoms with Crippen LogP contribution in [0.3, 0.4) is 0 Å². The van der Waals surface area contributed by atoms with Gasteiger partial charge >= 0.3 is 0 Å². The van der Waals surface area contributed by atoms with E-state index in [1.54, 1.807) is 0 Å². The summed E-state index contributed by atoms with van der Waals surface area (Å²) in [6.45, 7) is 5.05. The predicted octanol–water partition coefficient (Wildman–Crippen LogP) is 2.73. The van der Waals surface area contributed by atoms with Crippen molar-refractivity contribution in [2.45, 2.75) is 26.4 Å². The third-order valence-electron chi connectivity index (χ3n) is 3.84. The number of nitrogens with zero attached hydrogens (tertiary/aromatic N) is 3. The molecule has 0 spiro atoms. The van der Waals surface area contributed by atoms with Gasteiger partial charge in [-0.1, -0.05) is 25.1 Å². The number of benzene rings is 1. The SMILES string of the molecule is CCNCc1cn(CCc2cnn(C)c2)c2ccccc12. The fourth-order valence-corrected chi connectivity index (χ4v) is 2.76. The Kier molecular flexibility index (Phi) is 4.06. The molecule has 0 unspecified atom stereocenters. The fraction of sp³-hybridized carbons (Fsp3) is 0.353. The van der Waals surface area contributed by atoms with E-state index in [0.717, 1.165) is 26.1 Å². The van der Waals surface area contributed by atoms with Gasteiger partial charge in [-0.25, -0.2) is 0 Å². The zero-order valence-corrected chi connectivity index (χ0v) is 12.7. The largest absolute Gasteiger partial charge is 0.347 e. The first-order chi connectivity index (χ1) is 10.3. The second-order valence-electron chi connectivity index (χ2n) is 5.42. The van der Waals surface area contributed by atoms with E-state index in [0.29, 0.717) is 0 Å². The molecule has 2 heterocycles. The maximum Gasteiger partial charge on any atom is 0.0522 e. The monoisotopic (exact) mass is 282 g/mol. The van der Waals surface area contributed by atoms with Crippen LogP contribution in [-0.4, -0.2) is 20.9 Å². The number of hydrogen-bond donors (Lipinski definition) is 1. The van der Waals surface area contributed by atoms with Crippen LogP contribution in [0.4, 0.5) is 0 Å². The van der Waals surface area contributed by atoms with Crippen LogP contribution in [0.2, 0.25) is 0 Å². The highest BCUT2D eigenvalue weighted by Crippen LogP contribution is 2.21. The molecule has 0 fully saturated rings. The van der Waals surface area contributed by atoms with Crippen LogP contribution >= 0.6 is 0 Å². The molecule has 3 rings (SSSR count). The van der Waals surface area contributed by atoms with E-state index in [2.05, 4.69) is 58.6 Å². The molecule has 0 amide bonds. The zero-order valence-electron chi connectivity index (χ0n) is 12.7. The van der Waals surface area contributed by atoms with Gasteiger partial charge in [-0.2, -0.15) is 5.10 Å². The molecule has 0 aliphatic rings. The van der Waals surface area contributed by atoms with Crippen LogP contribution < -0.4 is 5.32 Å². The zero-order chi connectivity index (χ0) is 14.7. The van der Waals surface area contributed by atoms with E-state index in [4.69, 9.17) is 0 Å². The molecule has 21 heavy (non-hydrogen) atoms. The number of rotatable bonds is 6. The Balaban J connectivity index is 1.83. The molecule has 0 atom stereocenters. The summed E-state index contributed by atoms with van der Waals surface area (Å²) < 4.78 is 4.22. The molecule has 1 N–H and O–H groups in total. The first-order valence-corrected chi connectivity index (χ1v) is 7.53. The van der Waals surface area contributed by atoms with Crippen LogP contribution in [0.5, 0.6) is 0 Å². The lowest BCUT2D eigenvalue weighted by molar-refractivity contribution is 0.701. The summed E-state index contributed by atoms with van der Waals surface area (Å²) in [5.74, 6) is 0. The molecular formula is C17H22N4. The van der Waals surface area contributed by atoms with Gasteiger partial charge in [0.05, 0.1) is 6.20 Å². The van der Waals surface area contributed by atoms with Gasteiger partial charge in [0.15, 0.2) is 0 Å². The molecule has 0 saturated heterocycles. The Morgan fingerprint density at radius 1 is 1.19 bits per heavy atom. The minimum atomic E-state index is 0.927. The molecule has 0 radical (unpaired) electrons. The molecule has 4 heteroatoms. The summed E-state index contributed by atoms with van der Waals surface area (Å²) in [7, 11) is 1.96. The van der Waals surface area contributed by atoms with Gasteiger partial charge in [0, 0.05) is 43.4 Å². The second kappa shape index (κ2) is 6.14. The normalized spacial score (nSPS) is 11.3. The van der Waals surface area contributed by atoms with Crippen molar-refractivity contribution < 1.29 is 0 Å². The average molecular weight is 282 g/mol. The minimum absolute atomic E-state index is 0.927. The van der Waals surface area contributed by atoms with Crippen molar-refractivity contribution in [2.75, 3.05) is 6.54 Å². The predicted molar refractivity (Wildman–Crippen MR) is 86.2 cm³/mol. The van der Waals surface area contributed by atoms with E-state index in [9.17, 15) is 0 Å². The van der Waals surface area contributed by atoms with Crippen LogP contribution in [0.1, 0.15) is 18.1 Å². The third kappa shape index (κ3) is 3.00. The number of aromatic nitrogens is 3. The summed E-state index contributed by atoms with van der Waals surface area (Å²) in [4.78, 5) is 0. The minimum Gasteiger partial charge on any atom is -0.347 e. The summed E-state index contributed by atoms with van der Waals surface area (Å²) in [5, 5.41) is 9.01. The highest BCUT2D eigenvalue weighted by molar-refractivity contribution is 5.83. The molecule has 0 aliphatic heterocycles. The van der Waals surface area contributed by atoms with Crippen molar-refractivity contribution in [3.8, 4) is 0 Å². The number of para-hydroxylation sites is 1. The number of fused-ring (bicyclic) bond motifs is 1. The van der Waals surface area contributed by atoms with Crippen LogP contribution in [0, 0.1) is 0 Å². The van der Waals surface area contributed by atoms with Crippen molar-refractivity contribution >= 4 is 10.9 Å². The molecule has 2 aromatic heterocycles. The summed E-state index contributed by atoms with van der Waals surface area (Å²) in [5.41, 5.74) is 3.97. The van der Waals surface area contributed by atoms with Gasteiger partial charge in [0.25, 0.3) is 0 Å². The molecule has 110 valence electrons. The molecule has 0 bridgehead atoms. The second-order valence-corrected chi connectivity index (χ2v) is 5.42. The van der Waals surface area contributed by atoms with Crippen molar-refractivity contribution in [3.05, 3.63) is 54.0 Å². The van der Waals surface area contributed by atoms with Crippen molar-refractivity contribution in [1.29, 1.82) is 0 Å². The van der Waals surface area contributed by atoms with Crippen LogP contribution in [-0.2, 0) is 26.6 Å². The van der Waals surface area contributed by atoms with Gasteiger partial charge in [-0.15, -0.1) is 0 Å². The Hall–Kier alpha value is -2.07. The molecule has 0 aliphatic carbocycles. The fourth-order valence-electron chi connectivity index (χ4n) is 2.76. The van der Waals surface area contributed by atoms with Gasteiger partial charge < -0.3 is 9.88 Å². The van der Waals surface area contributed by atoms with E-state index in [1.807, 2.05) is 17.9 Å². The maximum atomic E-state index is 4.23. The Morgan fingerprint density at radius 2 is 2.05 bits per heavy atom. The molecule has 0 saturated carbocycles. The Bertz CT molecular complexity index is 723. The van der Waals surface area contributed by atoms with E-state index in [-0.39, 0.29) is 0 Å². The highest BCUT2D eigenvalue weighted by Gasteiger charge is 2.08. The number of hydrogen-bond acceptors (Lipinski definition) is 2. The smallest absolute Gasteiger partial charge is 0.0522 e. The lowest BCUT2D eigenvalue weighted by Gasteiger charge is -2.03. The van der Waals surface area contributed by atoms with Gasteiger partial charge in [-0.3, -0.25) is 4.68 Å². The van der Waals surface area contributed by atoms with Crippen molar-refractivity contribution in [2.24, 2.45) is 7.05 Å². The molecule has 4 nitrogen and oxygen atoms in total. The summed E-state index contributed by atoms with van der Waals surface area (Å²) >= 11 is 0. The van der Waals surface area contributed by atoms with Gasteiger partial charge in [-0.05, 0) is 30.2 Å². The van der Waals surface area contributed by atoms with Crippen LogP contribution in [0.25, 0.3) is 10.9 Å². The topological polar surface area (TPSA) is 34.8 Å². The molecular weight excluding hydrogens is 260 g/mol. The summed E-state index contributed by atoms with van der Waals surface area (Å²) in [6.07, 6.45) is 7.33. The third-order valence-corrected chi connectivity index (χ3v) is 3.84. The lowest BCUT2D eigenvalue weighted by Crippen LogP contribution is -2.11. The quantitative estimate of drug-likeness (QED) is 0.754. The highest BCUT2D eigenvalue weighted by atomic mass is 15.2. The van der Waals surface area contributed by atoms with Gasteiger partial charge in [0.2, 0.25) is 0 Å². The van der Waals surface area contributed by atoms with Gasteiger partial charge in [0.1, 0.15) is 0 Å². The average Bonchev–Trinajstić information content (AvgIpc) is 3.07. The maximum absolute atomic E-state index is 4.23. The first-order valence-electron chi connectivity index (χ1n) is 7.53. The van der Waals surface area contributed by atoms with E-state index in [1.165, 1.54) is 22.0 Å².